The van der Waals surface area contributed by atoms with Crippen LogP contribution < -0.4 is 10.2 Å². The number of para-hydroxylation sites is 1. The van der Waals surface area contributed by atoms with Gasteiger partial charge in [0, 0.05) is 19.3 Å². The van der Waals surface area contributed by atoms with E-state index in [4.69, 9.17) is 11.6 Å². The van der Waals surface area contributed by atoms with Gasteiger partial charge in [-0.25, -0.2) is 4.98 Å². The summed E-state index contributed by atoms with van der Waals surface area (Å²) in [6.07, 6.45) is 4.17. The van der Waals surface area contributed by atoms with Crippen LogP contribution in [0.5, 0.6) is 0 Å². The summed E-state index contributed by atoms with van der Waals surface area (Å²) in [5, 5.41) is 3.68. The molecule has 110 valence electrons. The minimum atomic E-state index is 0.00388. The van der Waals surface area contributed by atoms with E-state index in [9.17, 15) is 4.79 Å². The number of imidazole rings is 1. The molecule has 1 aliphatic rings. The van der Waals surface area contributed by atoms with Crippen molar-refractivity contribution in [3.05, 3.63) is 47.5 Å². The number of H-pyrrole nitrogens is 1. The Bertz CT molecular complexity index is 614. The number of carbonyl (C=O) groups is 1. The highest BCUT2D eigenvalue weighted by atomic mass is 35.5. The third-order valence-electron chi connectivity index (χ3n) is 3.76. The van der Waals surface area contributed by atoms with Gasteiger partial charge in [0.2, 0.25) is 5.91 Å². The molecule has 1 amide bonds. The molecule has 1 atom stereocenters. The van der Waals surface area contributed by atoms with Crippen LogP contribution in [0, 0.1) is 5.92 Å². The molecular weight excluding hydrogens is 288 g/mol. The number of hydrogen-bond acceptors (Lipinski definition) is 3. The summed E-state index contributed by atoms with van der Waals surface area (Å²) in [7, 11) is 0. The van der Waals surface area contributed by atoms with Gasteiger partial charge in [-0.05, 0) is 18.6 Å². The Morgan fingerprint density at radius 3 is 3.10 bits per heavy atom. The van der Waals surface area contributed by atoms with Crippen LogP contribution in [0.3, 0.4) is 0 Å². The molecule has 1 aromatic heterocycles. The van der Waals surface area contributed by atoms with Crippen molar-refractivity contribution in [2.24, 2.45) is 5.92 Å². The minimum absolute atomic E-state index is 0.00388. The zero-order chi connectivity index (χ0) is 14.7. The normalized spacial score (nSPS) is 18.0. The lowest BCUT2D eigenvalue weighted by Gasteiger charge is -2.19. The van der Waals surface area contributed by atoms with Crippen molar-refractivity contribution in [3.63, 3.8) is 0 Å². The van der Waals surface area contributed by atoms with Crippen molar-refractivity contribution in [3.8, 4) is 0 Å². The largest absolute Gasteiger partial charge is 0.370 e. The number of hydrogen-bond donors (Lipinski definition) is 2. The maximum atomic E-state index is 12.2. The molecule has 1 fully saturated rings. The third kappa shape index (κ3) is 3.19. The number of amides is 1. The molecular formula is C15H17ClN4O. The number of rotatable bonds is 4. The number of nitrogens with zero attached hydrogens (tertiary/aromatic N) is 2. The number of anilines is 1. The first kappa shape index (κ1) is 13.9. The Hall–Kier alpha value is -2.01. The highest BCUT2D eigenvalue weighted by Crippen LogP contribution is 2.30. The van der Waals surface area contributed by atoms with E-state index in [1.54, 1.807) is 12.5 Å². The van der Waals surface area contributed by atoms with Gasteiger partial charge in [0.25, 0.3) is 0 Å². The number of halogens is 1. The van der Waals surface area contributed by atoms with E-state index in [1.165, 1.54) is 0 Å². The predicted octanol–water partition coefficient (Wildman–Crippen LogP) is 2.21. The van der Waals surface area contributed by atoms with Gasteiger partial charge in [0.15, 0.2) is 0 Å². The summed E-state index contributed by atoms with van der Waals surface area (Å²) in [5.74, 6) is 0.0864. The SMILES string of the molecule is O=C(NCc1cnc[nH]1)C1CCN(c2ccccc2Cl)C1. The molecule has 0 spiro atoms. The lowest BCUT2D eigenvalue weighted by molar-refractivity contribution is -0.124. The second kappa shape index (κ2) is 6.18. The van der Waals surface area contributed by atoms with Crippen LogP contribution in [0.4, 0.5) is 5.69 Å². The fourth-order valence-electron chi connectivity index (χ4n) is 2.61. The lowest BCUT2D eigenvalue weighted by atomic mass is 10.1. The van der Waals surface area contributed by atoms with Crippen LogP contribution in [0.15, 0.2) is 36.8 Å². The van der Waals surface area contributed by atoms with Crippen LogP contribution in [-0.2, 0) is 11.3 Å². The van der Waals surface area contributed by atoms with E-state index in [-0.39, 0.29) is 11.8 Å². The van der Waals surface area contributed by atoms with E-state index >= 15 is 0 Å². The fourth-order valence-corrected chi connectivity index (χ4v) is 2.86. The van der Waals surface area contributed by atoms with Crippen molar-refractivity contribution in [2.75, 3.05) is 18.0 Å². The summed E-state index contributed by atoms with van der Waals surface area (Å²) in [6.45, 7) is 2.05. The van der Waals surface area contributed by atoms with Gasteiger partial charge in [-0.1, -0.05) is 23.7 Å². The molecule has 0 bridgehead atoms. The van der Waals surface area contributed by atoms with Gasteiger partial charge in [0.05, 0.1) is 35.2 Å². The second-order valence-electron chi connectivity index (χ2n) is 5.18. The van der Waals surface area contributed by atoms with Gasteiger partial charge in [0.1, 0.15) is 0 Å². The number of benzene rings is 1. The summed E-state index contributed by atoms with van der Waals surface area (Å²) in [6, 6.07) is 7.75. The van der Waals surface area contributed by atoms with E-state index in [0.29, 0.717) is 13.1 Å². The summed E-state index contributed by atoms with van der Waals surface area (Å²) in [5.41, 5.74) is 1.91. The lowest BCUT2D eigenvalue weighted by Crippen LogP contribution is -2.32. The van der Waals surface area contributed by atoms with Gasteiger partial charge < -0.3 is 15.2 Å². The van der Waals surface area contributed by atoms with Gasteiger partial charge in [-0.2, -0.15) is 0 Å². The zero-order valence-electron chi connectivity index (χ0n) is 11.6. The van der Waals surface area contributed by atoms with Crippen molar-refractivity contribution in [2.45, 2.75) is 13.0 Å². The maximum absolute atomic E-state index is 12.2. The van der Waals surface area contributed by atoms with E-state index < -0.39 is 0 Å². The van der Waals surface area contributed by atoms with E-state index in [2.05, 4.69) is 20.2 Å². The third-order valence-corrected chi connectivity index (χ3v) is 4.08. The average molecular weight is 305 g/mol. The molecule has 6 heteroatoms. The van der Waals surface area contributed by atoms with Crippen LogP contribution in [0.1, 0.15) is 12.1 Å². The quantitative estimate of drug-likeness (QED) is 0.910. The molecule has 21 heavy (non-hydrogen) atoms. The van der Waals surface area contributed by atoms with Crippen molar-refractivity contribution in [1.82, 2.24) is 15.3 Å². The Kier molecular flexibility index (Phi) is 4.10. The van der Waals surface area contributed by atoms with Crippen LogP contribution in [-0.4, -0.2) is 29.0 Å². The maximum Gasteiger partial charge on any atom is 0.225 e. The summed E-state index contributed by atoms with van der Waals surface area (Å²) < 4.78 is 0. The first-order chi connectivity index (χ1) is 10.2. The predicted molar refractivity (Wildman–Crippen MR) is 82.2 cm³/mol. The molecule has 1 aliphatic heterocycles. The van der Waals surface area contributed by atoms with Gasteiger partial charge >= 0.3 is 0 Å². The topological polar surface area (TPSA) is 61.0 Å². The number of aromatic nitrogens is 2. The summed E-state index contributed by atoms with van der Waals surface area (Å²) in [4.78, 5) is 21.3. The van der Waals surface area contributed by atoms with Crippen molar-refractivity contribution in [1.29, 1.82) is 0 Å². The Balaban J connectivity index is 1.57. The molecule has 1 aromatic carbocycles. The molecule has 1 saturated heterocycles. The smallest absolute Gasteiger partial charge is 0.225 e. The van der Waals surface area contributed by atoms with E-state index in [1.807, 2.05) is 24.3 Å². The fraction of sp³-hybridized carbons (Fsp3) is 0.333. The van der Waals surface area contributed by atoms with Crippen LogP contribution in [0.25, 0.3) is 0 Å². The van der Waals surface area contributed by atoms with Crippen LogP contribution in [0.2, 0.25) is 5.02 Å². The highest BCUT2D eigenvalue weighted by Gasteiger charge is 2.29. The molecule has 3 rings (SSSR count). The van der Waals surface area contributed by atoms with Gasteiger partial charge in [-0.15, -0.1) is 0 Å². The molecule has 5 nitrogen and oxygen atoms in total. The first-order valence-corrected chi connectivity index (χ1v) is 7.36. The monoisotopic (exact) mass is 304 g/mol. The van der Waals surface area contributed by atoms with E-state index in [0.717, 1.165) is 29.4 Å². The molecule has 0 radical (unpaired) electrons. The van der Waals surface area contributed by atoms with Crippen molar-refractivity contribution < 1.29 is 4.79 Å². The molecule has 2 heterocycles. The van der Waals surface area contributed by atoms with Crippen LogP contribution >= 0.6 is 11.6 Å². The van der Waals surface area contributed by atoms with Crippen molar-refractivity contribution >= 4 is 23.2 Å². The minimum Gasteiger partial charge on any atom is -0.370 e. The first-order valence-electron chi connectivity index (χ1n) is 6.98. The number of carbonyl (C=O) groups excluding carboxylic acids is 1. The Morgan fingerprint density at radius 2 is 2.33 bits per heavy atom. The number of nitrogens with one attached hydrogen (secondary N) is 2. The summed E-state index contributed by atoms with van der Waals surface area (Å²) >= 11 is 6.21. The Morgan fingerprint density at radius 1 is 1.48 bits per heavy atom. The van der Waals surface area contributed by atoms with Gasteiger partial charge in [-0.3, -0.25) is 4.79 Å². The Labute approximate surface area is 128 Å². The second-order valence-corrected chi connectivity index (χ2v) is 5.58. The molecule has 2 aromatic rings. The molecule has 1 unspecified atom stereocenters. The zero-order valence-corrected chi connectivity index (χ0v) is 12.3. The number of aromatic amines is 1. The highest BCUT2D eigenvalue weighted by molar-refractivity contribution is 6.33. The molecule has 0 aliphatic carbocycles. The molecule has 2 N–H and O–H groups in total. The molecule has 0 saturated carbocycles. The standard InChI is InChI=1S/C15H17ClN4O/c16-13-3-1-2-4-14(13)20-6-5-11(9-20)15(21)18-8-12-7-17-10-19-12/h1-4,7,10-11H,5-6,8-9H2,(H,17,19)(H,18,21). The average Bonchev–Trinajstić information content (AvgIpc) is 3.17.